The molecule has 1 heterocycles. The topological polar surface area (TPSA) is 64.0 Å². The molecule has 0 radical (unpaired) electrons. The molecule has 2 aromatic rings. The second kappa shape index (κ2) is 5.52. The van der Waals surface area contributed by atoms with Gasteiger partial charge >= 0.3 is 0 Å². The number of nitrogens with zero attached hydrogens (tertiary/aromatic N) is 2. The molecule has 6 heteroatoms. The number of anilines is 1. The van der Waals surface area contributed by atoms with Crippen LogP contribution in [0.4, 0.5) is 5.69 Å². The molecule has 0 spiro atoms. The minimum atomic E-state index is -3.62. The number of sulfonamides is 1. The third-order valence-electron chi connectivity index (χ3n) is 3.16. The van der Waals surface area contributed by atoms with Gasteiger partial charge in [0.1, 0.15) is 4.90 Å². The minimum Gasteiger partial charge on any atom is -0.280 e. The van der Waals surface area contributed by atoms with E-state index in [1.54, 1.807) is 17.8 Å². The van der Waals surface area contributed by atoms with E-state index in [1.165, 1.54) is 0 Å². The van der Waals surface area contributed by atoms with Crippen molar-refractivity contribution < 1.29 is 8.42 Å². The fourth-order valence-electron chi connectivity index (χ4n) is 2.24. The van der Waals surface area contributed by atoms with Crippen LogP contribution in [0.15, 0.2) is 29.3 Å². The van der Waals surface area contributed by atoms with Crippen LogP contribution in [0.2, 0.25) is 0 Å². The smallest absolute Gasteiger partial charge is 0.265 e. The largest absolute Gasteiger partial charge is 0.280 e. The van der Waals surface area contributed by atoms with Crippen LogP contribution in [0.5, 0.6) is 0 Å². The summed E-state index contributed by atoms with van der Waals surface area (Å²) in [6, 6.07) is 5.74. The van der Waals surface area contributed by atoms with E-state index in [-0.39, 0.29) is 10.9 Å². The van der Waals surface area contributed by atoms with Crippen LogP contribution in [0.3, 0.4) is 0 Å². The van der Waals surface area contributed by atoms with Gasteiger partial charge in [-0.3, -0.25) is 9.40 Å². The fourth-order valence-corrected chi connectivity index (χ4v) is 3.45. The molecule has 0 fully saturated rings. The zero-order valence-electron chi connectivity index (χ0n) is 13.0. The molecule has 21 heavy (non-hydrogen) atoms. The normalized spacial score (nSPS) is 11.9. The average Bonchev–Trinajstić information content (AvgIpc) is 2.70. The molecule has 0 amide bonds. The summed E-state index contributed by atoms with van der Waals surface area (Å²) in [4.78, 5) is 0.218. The number of benzene rings is 1. The first-order valence-corrected chi connectivity index (χ1v) is 8.34. The maximum absolute atomic E-state index is 12.5. The molecule has 1 aromatic heterocycles. The summed E-state index contributed by atoms with van der Waals surface area (Å²) in [5.74, 6) is 0. The lowest BCUT2D eigenvalue weighted by atomic mass is 10.1. The molecular formula is C15H21N3O2S. The Bertz CT molecular complexity index is 741. The number of hydrogen-bond donors (Lipinski definition) is 1. The summed E-state index contributed by atoms with van der Waals surface area (Å²) >= 11 is 0. The number of nitrogens with one attached hydrogen (secondary N) is 1. The molecule has 0 aliphatic carbocycles. The SMILES string of the molecule is Cc1cc(C)cc(NS(=O)(=O)c2cn(C(C)C)nc2C)c1. The van der Waals surface area contributed by atoms with E-state index in [4.69, 9.17) is 0 Å². The molecule has 1 N–H and O–H groups in total. The Morgan fingerprint density at radius 2 is 1.67 bits per heavy atom. The highest BCUT2D eigenvalue weighted by molar-refractivity contribution is 7.92. The summed E-state index contributed by atoms with van der Waals surface area (Å²) in [6.07, 6.45) is 1.57. The van der Waals surface area contributed by atoms with E-state index in [1.807, 2.05) is 45.9 Å². The Labute approximate surface area is 126 Å². The first-order valence-electron chi connectivity index (χ1n) is 6.86. The molecule has 0 aliphatic rings. The fraction of sp³-hybridized carbons (Fsp3) is 0.400. The molecule has 0 saturated carbocycles. The quantitative estimate of drug-likeness (QED) is 0.943. The van der Waals surface area contributed by atoms with Gasteiger partial charge in [-0.1, -0.05) is 6.07 Å². The first kappa shape index (κ1) is 15.6. The van der Waals surface area contributed by atoms with Gasteiger partial charge in [0.05, 0.1) is 5.69 Å². The van der Waals surface area contributed by atoms with E-state index in [2.05, 4.69) is 9.82 Å². The number of rotatable bonds is 4. The van der Waals surface area contributed by atoms with Crippen molar-refractivity contribution in [3.8, 4) is 0 Å². The van der Waals surface area contributed by atoms with Gasteiger partial charge in [-0.2, -0.15) is 5.10 Å². The van der Waals surface area contributed by atoms with Crippen molar-refractivity contribution in [2.24, 2.45) is 0 Å². The van der Waals surface area contributed by atoms with E-state index < -0.39 is 10.0 Å². The van der Waals surface area contributed by atoms with Crippen LogP contribution in [0, 0.1) is 20.8 Å². The molecule has 2 rings (SSSR count). The lowest BCUT2D eigenvalue weighted by Crippen LogP contribution is -2.13. The third kappa shape index (κ3) is 3.44. The standard InChI is InChI=1S/C15H21N3O2S/c1-10(2)18-9-15(13(5)16-18)21(19,20)17-14-7-11(3)6-12(4)8-14/h6-10,17H,1-5H3. The van der Waals surface area contributed by atoms with Crippen molar-refractivity contribution >= 4 is 15.7 Å². The van der Waals surface area contributed by atoms with Crippen molar-refractivity contribution in [2.45, 2.75) is 45.6 Å². The predicted molar refractivity (Wildman–Crippen MR) is 84.1 cm³/mol. The van der Waals surface area contributed by atoms with Crippen LogP contribution in [0.25, 0.3) is 0 Å². The monoisotopic (exact) mass is 307 g/mol. The summed E-state index contributed by atoms with van der Waals surface area (Å²) < 4.78 is 29.3. The number of aromatic nitrogens is 2. The minimum absolute atomic E-state index is 0.119. The molecule has 0 aliphatic heterocycles. The van der Waals surface area contributed by atoms with E-state index in [9.17, 15) is 8.42 Å². The lowest BCUT2D eigenvalue weighted by Gasteiger charge is -2.09. The molecule has 0 bridgehead atoms. The van der Waals surface area contributed by atoms with Crippen molar-refractivity contribution in [1.82, 2.24) is 9.78 Å². The third-order valence-corrected chi connectivity index (χ3v) is 4.65. The molecule has 114 valence electrons. The lowest BCUT2D eigenvalue weighted by molar-refractivity contribution is 0.528. The second-order valence-electron chi connectivity index (χ2n) is 5.63. The van der Waals surface area contributed by atoms with Crippen LogP contribution in [0.1, 0.15) is 36.7 Å². The summed E-state index contributed by atoms with van der Waals surface area (Å²) in [5.41, 5.74) is 3.11. The Morgan fingerprint density at radius 3 is 2.14 bits per heavy atom. The second-order valence-corrected chi connectivity index (χ2v) is 7.29. The van der Waals surface area contributed by atoms with E-state index in [0.29, 0.717) is 11.4 Å². The highest BCUT2D eigenvalue weighted by atomic mass is 32.2. The van der Waals surface area contributed by atoms with Gasteiger partial charge in [0.15, 0.2) is 0 Å². The summed E-state index contributed by atoms with van der Waals surface area (Å²) in [5, 5.41) is 4.25. The molecule has 0 atom stereocenters. The molecule has 1 aromatic carbocycles. The summed E-state index contributed by atoms with van der Waals surface area (Å²) in [7, 11) is -3.62. The predicted octanol–water partition coefficient (Wildman–Crippen LogP) is 3.19. The Kier molecular flexibility index (Phi) is 4.09. The summed E-state index contributed by atoms with van der Waals surface area (Å²) in [6.45, 7) is 9.50. The Morgan fingerprint density at radius 1 is 1.10 bits per heavy atom. The van der Waals surface area contributed by atoms with Gasteiger partial charge in [0, 0.05) is 17.9 Å². The molecule has 5 nitrogen and oxygen atoms in total. The van der Waals surface area contributed by atoms with E-state index in [0.717, 1.165) is 11.1 Å². The van der Waals surface area contributed by atoms with Crippen molar-refractivity contribution in [1.29, 1.82) is 0 Å². The number of aryl methyl sites for hydroxylation is 3. The van der Waals surface area contributed by atoms with E-state index >= 15 is 0 Å². The highest BCUT2D eigenvalue weighted by Gasteiger charge is 2.21. The number of hydrogen-bond acceptors (Lipinski definition) is 3. The van der Waals surface area contributed by atoms with Gasteiger partial charge in [-0.05, 0) is 57.9 Å². The van der Waals surface area contributed by atoms with Crippen LogP contribution >= 0.6 is 0 Å². The van der Waals surface area contributed by atoms with Crippen molar-refractivity contribution in [2.75, 3.05) is 4.72 Å². The van der Waals surface area contributed by atoms with Crippen LogP contribution < -0.4 is 4.72 Å². The van der Waals surface area contributed by atoms with Crippen LogP contribution in [-0.2, 0) is 10.0 Å². The van der Waals surface area contributed by atoms with Crippen molar-refractivity contribution in [3.63, 3.8) is 0 Å². The van der Waals surface area contributed by atoms with Gasteiger partial charge in [0.25, 0.3) is 10.0 Å². The zero-order valence-corrected chi connectivity index (χ0v) is 13.8. The molecular weight excluding hydrogens is 286 g/mol. The molecule has 0 unspecified atom stereocenters. The zero-order chi connectivity index (χ0) is 15.8. The van der Waals surface area contributed by atoms with Gasteiger partial charge in [-0.15, -0.1) is 0 Å². The first-order chi connectivity index (χ1) is 9.69. The molecule has 0 saturated heterocycles. The highest BCUT2D eigenvalue weighted by Crippen LogP contribution is 2.21. The van der Waals surface area contributed by atoms with Gasteiger partial charge in [-0.25, -0.2) is 8.42 Å². The average molecular weight is 307 g/mol. The maximum Gasteiger partial charge on any atom is 0.265 e. The Balaban J connectivity index is 2.38. The maximum atomic E-state index is 12.5. The van der Waals surface area contributed by atoms with Crippen LogP contribution in [-0.4, -0.2) is 18.2 Å². The van der Waals surface area contributed by atoms with Crippen molar-refractivity contribution in [3.05, 3.63) is 41.2 Å². The van der Waals surface area contributed by atoms with Gasteiger partial charge in [0.2, 0.25) is 0 Å². The van der Waals surface area contributed by atoms with Gasteiger partial charge < -0.3 is 0 Å². The Hall–Kier alpha value is -1.82.